The molecule has 0 aromatic heterocycles. The fourth-order valence-corrected chi connectivity index (χ4v) is 2.94. The Morgan fingerprint density at radius 3 is 2.67 bits per heavy atom. The summed E-state index contributed by atoms with van der Waals surface area (Å²) >= 11 is 5.98. The average molecular weight is 406 g/mol. The van der Waals surface area contributed by atoms with Crippen LogP contribution in [0, 0.1) is 11.7 Å². The molecule has 0 radical (unpaired) electrons. The number of carbonyl (C=O) groups is 1. The van der Waals surface area contributed by atoms with Gasteiger partial charge in [0.05, 0.1) is 23.9 Å². The number of allylic oxidation sites excluding steroid dienone is 1. The summed E-state index contributed by atoms with van der Waals surface area (Å²) in [5.74, 6) is -1.90. The highest BCUT2D eigenvalue weighted by Crippen LogP contribution is 2.38. The molecule has 0 saturated heterocycles. The van der Waals surface area contributed by atoms with Crippen LogP contribution < -0.4 is 9.64 Å². The quantitative estimate of drug-likeness (QED) is 0.712. The molecular weight excluding hydrogens is 390 g/mol. The van der Waals surface area contributed by atoms with Gasteiger partial charge in [0.2, 0.25) is 5.96 Å². The number of ether oxygens (including phenoxy) is 1. The number of aliphatic imine (C=N–C) groups is 1. The Morgan fingerprint density at radius 1 is 1.33 bits per heavy atom. The summed E-state index contributed by atoms with van der Waals surface area (Å²) in [4.78, 5) is 18.0. The van der Waals surface area contributed by atoms with Crippen molar-refractivity contribution in [1.29, 1.82) is 0 Å². The number of benzene rings is 1. The van der Waals surface area contributed by atoms with Crippen molar-refractivity contribution in [2.75, 3.05) is 24.6 Å². The average Bonchev–Trinajstić information content (AvgIpc) is 3.02. The molecule has 2 aliphatic heterocycles. The smallest absolute Gasteiger partial charge is 0.431 e. The molecule has 2 aliphatic rings. The van der Waals surface area contributed by atoms with Crippen LogP contribution in [-0.4, -0.2) is 42.6 Å². The Labute approximate surface area is 157 Å². The van der Waals surface area contributed by atoms with Gasteiger partial charge in [-0.2, -0.15) is 13.2 Å². The standard InChI is InChI=1S/C17H16ClF4N3O2/c1-9(2)8-27-13-6-12(11(19)5-10(13)18)25-15(26)7-14(17(20,21)22)24-4-3-23-16(24)25/h5-7,9H,3-4,8H2,1-2H3. The van der Waals surface area contributed by atoms with Crippen LogP contribution in [0.2, 0.25) is 5.02 Å². The lowest BCUT2D eigenvalue weighted by Crippen LogP contribution is -2.51. The number of guanidine groups is 1. The van der Waals surface area contributed by atoms with E-state index in [0.717, 1.165) is 15.9 Å². The van der Waals surface area contributed by atoms with E-state index in [0.29, 0.717) is 12.7 Å². The number of alkyl halides is 3. The lowest BCUT2D eigenvalue weighted by atomic mass is 10.2. The third-order valence-corrected chi connectivity index (χ3v) is 4.19. The van der Waals surface area contributed by atoms with Crippen LogP contribution in [0.15, 0.2) is 28.9 Å². The van der Waals surface area contributed by atoms with Gasteiger partial charge in [-0.25, -0.2) is 9.29 Å². The lowest BCUT2D eigenvalue weighted by molar-refractivity contribution is -0.119. The summed E-state index contributed by atoms with van der Waals surface area (Å²) in [7, 11) is 0. The van der Waals surface area contributed by atoms with E-state index in [2.05, 4.69) is 4.99 Å². The van der Waals surface area contributed by atoms with Crippen LogP contribution in [0.4, 0.5) is 23.2 Å². The third-order valence-electron chi connectivity index (χ3n) is 3.89. The molecule has 0 N–H and O–H groups in total. The second-order valence-corrected chi connectivity index (χ2v) is 6.88. The molecule has 27 heavy (non-hydrogen) atoms. The predicted molar refractivity (Wildman–Crippen MR) is 92.4 cm³/mol. The zero-order valence-electron chi connectivity index (χ0n) is 14.5. The maximum absolute atomic E-state index is 14.5. The molecule has 0 bridgehead atoms. The SMILES string of the molecule is CC(C)COc1cc(N2C(=O)C=C(C(F)(F)F)N3CCN=C32)c(F)cc1Cl. The molecule has 0 spiro atoms. The number of rotatable bonds is 4. The van der Waals surface area contributed by atoms with Crippen molar-refractivity contribution < 1.29 is 27.1 Å². The highest BCUT2D eigenvalue weighted by Gasteiger charge is 2.47. The molecule has 5 nitrogen and oxygen atoms in total. The van der Waals surface area contributed by atoms with E-state index < -0.39 is 23.6 Å². The van der Waals surface area contributed by atoms with Gasteiger partial charge in [-0.05, 0) is 12.0 Å². The molecule has 0 fully saturated rings. The van der Waals surface area contributed by atoms with Crippen molar-refractivity contribution in [3.8, 4) is 5.75 Å². The molecule has 0 aliphatic carbocycles. The van der Waals surface area contributed by atoms with Crippen LogP contribution in [-0.2, 0) is 4.79 Å². The monoisotopic (exact) mass is 405 g/mol. The summed E-state index contributed by atoms with van der Waals surface area (Å²) in [6, 6.07) is 2.16. The minimum Gasteiger partial charge on any atom is -0.492 e. The van der Waals surface area contributed by atoms with Crippen LogP contribution in [0.1, 0.15) is 13.8 Å². The molecular formula is C17H16ClF4N3O2. The van der Waals surface area contributed by atoms with Crippen molar-refractivity contribution in [2.24, 2.45) is 10.9 Å². The molecule has 0 saturated carbocycles. The number of carbonyl (C=O) groups excluding carboxylic acids is 1. The van der Waals surface area contributed by atoms with Crippen LogP contribution in [0.5, 0.6) is 5.75 Å². The molecule has 2 heterocycles. The van der Waals surface area contributed by atoms with Gasteiger partial charge >= 0.3 is 6.18 Å². The molecule has 1 amide bonds. The summed E-state index contributed by atoms with van der Waals surface area (Å²) in [5, 5.41) is -0.00176. The fraction of sp³-hybridized carbons (Fsp3) is 0.412. The molecule has 3 rings (SSSR count). The van der Waals surface area contributed by atoms with Gasteiger partial charge < -0.3 is 9.64 Å². The van der Waals surface area contributed by atoms with Crippen molar-refractivity contribution in [2.45, 2.75) is 20.0 Å². The van der Waals surface area contributed by atoms with Crippen molar-refractivity contribution >= 4 is 29.2 Å². The van der Waals surface area contributed by atoms with Gasteiger partial charge in [-0.3, -0.25) is 9.79 Å². The number of hydrogen-bond acceptors (Lipinski definition) is 4. The fourth-order valence-electron chi connectivity index (χ4n) is 2.73. The summed E-state index contributed by atoms with van der Waals surface area (Å²) in [6.45, 7) is 4.10. The molecule has 1 aromatic carbocycles. The Morgan fingerprint density at radius 2 is 2.04 bits per heavy atom. The number of amides is 1. The largest absolute Gasteiger partial charge is 0.492 e. The summed E-state index contributed by atoms with van der Waals surface area (Å²) in [5.41, 5.74) is -1.39. The van der Waals surface area contributed by atoms with Crippen LogP contribution in [0.25, 0.3) is 0 Å². The Kier molecular flexibility index (Phi) is 5.07. The van der Waals surface area contributed by atoms with E-state index in [1.807, 2.05) is 13.8 Å². The molecule has 0 unspecified atom stereocenters. The van der Waals surface area contributed by atoms with E-state index in [1.165, 1.54) is 6.07 Å². The third kappa shape index (κ3) is 3.73. The highest BCUT2D eigenvalue weighted by molar-refractivity contribution is 6.32. The highest BCUT2D eigenvalue weighted by atomic mass is 35.5. The first kappa shape index (κ1) is 19.5. The Balaban J connectivity index is 2.05. The van der Waals surface area contributed by atoms with Crippen LogP contribution >= 0.6 is 11.6 Å². The van der Waals surface area contributed by atoms with Crippen molar-refractivity contribution in [3.05, 3.63) is 34.7 Å². The number of hydrogen-bond donors (Lipinski definition) is 0. The second-order valence-electron chi connectivity index (χ2n) is 6.47. The molecule has 0 atom stereocenters. The van der Waals surface area contributed by atoms with E-state index in [9.17, 15) is 22.4 Å². The summed E-state index contributed by atoms with van der Waals surface area (Å²) in [6.07, 6.45) is -4.29. The van der Waals surface area contributed by atoms with E-state index in [-0.39, 0.29) is 41.4 Å². The maximum Gasteiger partial charge on any atom is 0.431 e. The van der Waals surface area contributed by atoms with Gasteiger partial charge in [0, 0.05) is 18.7 Å². The Bertz CT molecular complexity index is 836. The zero-order chi connectivity index (χ0) is 19.9. The van der Waals surface area contributed by atoms with Gasteiger partial charge in [0.15, 0.2) is 0 Å². The lowest BCUT2D eigenvalue weighted by Gasteiger charge is -2.35. The first-order valence-electron chi connectivity index (χ1n) is 8.16. The van der Waals surface area contributed by atoms with Gasteiger partial charge in [-0.15, -0.1) is 0 Å². The van der Waals surface area contributed by atoms with E-state index in [1.54, 1.807) is 0 Å². The van der Waals surface area contributed by atoms with E-state index >= 15 is 0 Å². The molecule has 1 aromatic rings. The molecule has 10 heteroatoms. The van der Waals surface area contributed by atoms with Gasteiger partial charge in [0.25, 0.3) is 5.91 Å². The number of fused-ring (bicyclic) bond motifs is 1. The zero-order valence-corrected chi connectivity index (χ0v) is 15.2. The van der Waals surface area contributed by atoms with Gasteiger partial charge in [0.1, 0.15) is 17.3 Å². The first-order valence-corrected chi connectivity index (χ1v) is 8.54. The second kappa shape index (κ2) is 7.03. The normalized spacial score (nSPS) is 17.3. The minimum absolute atomic E-state index is 0.00176. The topological polar surface area (TPSA) is 45.1 Å². The van der Waals surface area contributed by atoms with E-state index in [4.69, 9.17) is 16.3 Å². The predicted octanol–water partition coefficient (Wildman–Crippen LogP) is 3.98. The Hall–Kier alpha value is -2.29. The maximum atomic E-state index is 14.5. The van der Waals surface area contributed by atoms with Crippen LogP contribution in [0.3, 0.4) is 0 Å². The number of halogens is 5. The number of nitrogens with zero attached hydrogens (tertiary/aromatic N) is 3. The number of anilines is 1. The van der Waals surface area contributed by atoms with Crippen molar-refractivity contribution in [1.82, 2.24) is 4.90 Å². The minimum atomic E-state index is -4.73. The van der Waals surface area contributed by atoms with Crippen molar-refractivity contribution in [3.63, 3.8) is 0 Å². The first-order chi connectivity index (χ1) is 12.6. The molecule has 146 valence electrons. The van der Waals surface area contributed by atoms with Gasteiger partial charge in [-0.1, -0.05) is 25.4 Å². The summed E-state index contributed by atoms with van der Waals surface area (Å²) < 4.78 is 59.7.